The van der Waals surface area contributed by atoms with Gasteiger partial charge in [0.2, 0.25) is 10.0 Å². The maximum Gasteiger partial charge on any atom is 0.243 e. The van der Waals surface area contributed by atoms with E-state index in [9.17, 15) is 8.42 Å². The highest BCUT2D eigenvalue weighted by Crippen LogP contribution is 2.31. The Balaban J connectivity index is 1.66. The number of rotatable bonds is 8. The van der Waals surface area contributed by atoms with Gasteiger partial charge in [0.1, 0.15) is 0 Å². The Morgan fingerprint density at radius 1 is 0.933 bits per heavy atom. The third-order valence-corrected chi connectivity index (χ3v) is 6.87. The van der Waals surface area contributed by atoms with Gasteiger partial charge in [0.05, 0.1) is 29.7 Å². The van der Waals surface area contributed by atoms with Gasteiger partial charge in [-0.1, -0.05) is 12.1 Å². The molecule has 0 unspecified atom stereocenters. The number of ether oxygens (including phenoxy) is 2. The van der Waals surface area contributed by atoms with Gasteiger partial charge in [0.15, 0.2) is 11.5 Å². The lowest BCUT2D eigenvalue weighted by atomic mass is 10.1. The minimum Gasteiger partial charge on any atom is -0.490 e. The van der Waals surface area contributed by atoms with Crippen LogP contribution in [-0.2, 0) is 16.6 Å². The van der Waals surface area contributed by atoms with Crippen LogP contribution in [-0.4, -0.2) is 57.0 Å². The van der Waals surface area contributed by atoms with E-state index in [0.29, 0.717) is 56.5 Å². The van der Waals surface area contributed by atoms with Crippen LogP contribution in [0, 0.1) is 11.3 Å². The molecule has 30 heavy (non-hydrogen) atoms. The zero-order valence-electron chi connectivity index (χ0n) is 17.4. The van der Waals surface area contributed by atoms with E-state index < -0.39 is 10.0 Å². The molecule has 1 fully saturated rings. The number of piperazine rings is 1. The summed E-state index contributed by atoms with van der Waals surface area (Å²) < 4.78 is 38.9. The third-order valence-electron chi connectivity index (χ3n) is 4.97. The fraction of sp³-hybridized carbons (Fsp3) is 0.409. The number of sulfonamides is 1. The third kappa shape index (κ3) is 5.11. The molecular formula is C22H27N3O4S. The zero-order chi connectivity index (χ0) is 21.6. The fourth-order valence-electron chi connectivity index (χ4n) is 3.41. The predicted molar refractivity (Wildman–Crippen MR) is 114 cm³/mol. The Morgan fingerprint density at radius 3 is 2.17 bits per heavy atom. The van der Waals surface area contributed by atoms with Gasteiger partial charge in [-0.05, 0) is 43.7 Å². The van der Waals surface area contributed by atoms with Crippen LogP contribution < -0.4 is 9.47 Å². The Labute approximate surface area is 178 Å². The first kappa shape index (κ1) is 22.1. The van der Waals surface area contributed by atoms with Crippen LogP contribution in [0.25, 0.3) is 0 Å². The van der Waals surface area contributed by atoms with Crippen molar-refractivity contribution in [3.63, 3.8) is 0 Å². The summed E-state index contributed by atoms with van der Waals surface area (Å²) in [5, 5.41) is 8.90. The van der Waals surface area contributed by atoms with Gasteiger partial charge in [-0.2, -0.15) is 9.57 Å². The monoisotopic (exact) mass is 429 g/mol. The summed E-state index contributed by atoms with van der Waals surface area (Å²) in [5.74, 6) is 0.991. The molecule has 0 saturated carbocycles. The van der Waals surface area contributed by atoms with Crippen molar-refractivity contribution >= 4 is 10.0 Å². The molecular weight excluding hydrogens is 402 g/mol. The summed E-state index contributed by atoms with van der Waals surface area (Å²) in [6.07, 6.45) is 0. The number of hydrogen-bond acceptors (Lipinski definition) is 6. The SMILES string of the molecule is CCOc1ccc(S(=O)(=O)N2CCN(Cc3ccc(C#N)cc3)CC2)cc1OCC. The van der Waals surface area contributed by atoms with Gasteiger partial charge in [0, 0.05) is 38.8 Å². The van der Waals surface area contributed by atoms with Gasteiger partial charge in [-0.3, -0.25) is 4.90 Å². The summed E-state index contributed by atoms with van der Waals surface area (Å²) in [4.78, 5) is 2.44. The van der Waals surface area contributed by atoms with E-state index in [1.54, 1.807) is 30.3 Å². The van der Waals surface area contributed by atoms with Crippen LogP contribution in [0.15, 0.2) is 47.4 Å². The number of nitriles is 1. The van der Waals surface area contributed by atoms with Crippen molar-refractivity contribution in [3.05, 3.63) is 53.6 Å². The molecule has 1 aliphatic heterocycles. The topological polar surface area (TPSA) is 82.9 Å². The molecule has 1 heterocycles. The van der Waals surface area contributed by atoms with Crippen molar-refractivity contribution in [1.29, 1.82) is 5.26 Å². The second-order valence-electron chi connectivity index (χ2n) is 6.96. The molecule has 0 bridgehead atoms. The van der Waals surface area contributed by atoms with Crippen molar-refractivity contribution in [1.82, 2.24) is 9.21 Å². The molecule has 8 heteroatoms. The minimum atomic E-state index is -3.60. The highest BCUT2D eigenvalue weighted by atomic mass is 32.2. The van der Waals surface area contributed by atoms with E-state index in [2.05, 4.69) is 11.0 Å². The van der Waals surface area contributed by atoms with Gasteiger partial charge in [-0.15, -0.1) is 0 Å². The van der Waals surface area contributed by atoms with E-state index >= 15 is 0 Å². The summed E-state index contributed by atoms with van der Waals surface area (Å²) in [6.45, 7) is 7.51. The lowest BCUT2D eigenvalue weighted by Gasteiger charge is -2.34. The summed E-state index contributed by atoms with van der Waals surface area (Å²) >= 11 is 0. The van der Waals surface area contributed by atoms with E-state index in [1.165, 1.54) is 4.31 Å². The van der Waals surface area contributed by atoms with Crippen LogP contribution in [0.3, 0.4) is 0 Å². The van der Waals surface area contributed by atoms with Crippen molar-refractivity contribution < 1.29 is 17.9 Å². The van der Waals surface area contributed by atoms with Crippen LogP contribution in [0.1, 0.15) is 25.0 Å². The maximum atomic E-state index is 13.1. The first-order valence-corrected chi connectivity index (χ1v) is 11.5. The number of hydrogen-bond donors (Lipinski definition) is 0. The summed E-state index contributed by atoms with van der Waals surface area (Å²) in [6, 6.07) is 14.4. The molecule has 1 aliphatic rings. The first-order valence-electron chi connectivity index (χ1n) is 10.1. The average molecular weight is 430 g/mol. The Kier molecular flexibility index (Phi) is 7.32. The minimum absolute atomic E-state index is 0.218. The quantitative estimate of drug-likeness (QED) is 0.642. The normalized spacial score (nSPS) is 15.5. The van der Waals surface area contributed by atoms with Gasteiger partial charge in [-0.25, -0.2) is 8.42 Å². The second kappa shape index (κ2) is 9.94. The van der Waals surface area contributed by atoms with E-state index in [0.717, 1.165) is 12.1 Å². The van der Waals surface area contributed by atoms with Crippen molar-refractivity contribution in [2.24, 2.45) is 0 Å². The van der Waals surface area contributed by atoms with Gasteiger partial charge < -0.3 is 9.47 Å². The van der Waals surface area contributed by atoms with E-state index in [4.69, 9.17) is 14.7 Å². The van der Waals surface area contributed by atoms with Crippen molar-refractivity contribution in [2.75, 3.05) is 39.4 Å². The maximum absolute atomic E-state index is 13.1. The summed E-state index contributed by atoms with van der Waals surface area (Å²) in [5.41, 5.74) is 1.75. The molecule has 0 atom stereocenters. The van der Waals surface area contributed by atoms with E-state index in [1.807, 2.05) is 26.0 Å². The molecule has 1 saturated heterocycles. The Hall–Kier alpha value is -2.60. The van der Waals surface area contributed by atoms with Crippen molar-refractivity contribution in [3.8, 4) is 17.6 Å². The molecule has 0 spiro atoms. The van der Waals surface area contributed by atoms with Crippen LogP contribution >= 0.6 is 0 Å². The molecule has 3 rings (SSSR count). The molecule has 0 aromatic heterocycles. The van der Waals surface area contributed by atoms with Crippen LogP contribution in [0.2, 0.25) is 0 Å². The highest BCUT2D eigenvalue weighted by molar-refractivity contribution is 7.89. The molecule has 2 aromatic carbocycles. The molecule has 160 valence electrons. The molecule has 7 nitrogen and oxygen atoms in total. The van der Waals surface area contributed by atoms with Gasteiger partial charge >= 0.3 is 0 Å². The molecule has 2 aromatic rings. The molecule has 0 radical (unpaired) electrons. The zero-order valence-corrected chi connectivity index (χ0v) is 18.2. The van der Waals surface area contributed by atoms with Crippen LogP contribution in [0.4, 0.5) is 0 Å². The predicted octanol–water partition coefficient (Wildman–Crippen LogP) is 2.86. The lowest BCUT2D eigenvalue weighted by Crippen LogP contribution is -2.48. The van der Waals surface area contributed by atoms with Crippen LogP contribution in [0.5, 0.6) is 11.5 Å². The standard InChI is InChI=1S/C22H27N3O4S/c1-3-28-21-10-9-20(15-22(21)29-4-2)30(26,27)25-13-11-24(12-14-25)17-19-7-5-18(16-23)6-8-19/h5-10,15H,3-4,11-14,17H2,1-2H3. The molecule has 0 aliphatic carbocycles. The fourth-order valence-corrected chi connectivity index (χ4v) is 4.85. The molecule has 0 amide bonds. The lowest BCUT2D eigenvalue weighted by molar-refractivity contribution is 0.181. The highest BCUT2D eigenvalue weighted by Gasteiger charge is 2.29. The second-order valence-corrected chi connectivity index (χ2v) is 8.90. The first-order chi connectivity index (χ1) is 14.5. The Morgan fingerprint density at radius 2 is 1.57 bits per heavy atom. The average Bonchev–Trinajstić information content (AvgIpc) is 2.76. The van der Waals surface area contributed by atoms with Crippen molar-refractivity contribution in [2.45, 2.75) is 25.3 Å². The summed E-state index contributed by atoms with van der Waals surface area (Å²) in [7, 11) is -3.60. The van der Waals surface area contributed by atoms with Gasteiger partial charge in [0.25, 0.3) is 0 Å². The van der Waals surface area contributed by atoms with E-state index in [-0.39, 0.29) is 4.90 Å². The molecule has 0 N–H and O–H groups in total. The number of nitrogens with zero attached hydrogens (tertiary/aromatic N) is 3. The largest absolute Gasteiger partial charge is 0.490 e. The smallest absolute Gasteiger partial charge is 0.243 e. The Bertz CT molecular complexity index is 992. The number of benzene rings is 2.